The van der Waals surface area contributed by atoms with Gasteiger partial charge < -0.3 is 5.32 Å². The van der Waals surface area contributed by atoms with Crippen LogP contribution in [0.4, 0.5) is 5.69 Å². The van der Waals surface area contributed by atoms with E-state index in [2.05, 4.69) is 17.3 Å². The molecule has 0 radical (unpaired) electrons. The van der Waals surface area contributed by atoms with E-state index in [1.807, 2.05) is 36.3 Å². The van der Waals surface area contributed by atoms with Crippen molar-refractivity contribution in [2.45, 2.75) is 6.92 Å². The Morgan fingerprint density at radius 2 is 2.07 bits per heavy atom. The predicted molar refractivity (Wildman–Crippen MR) is 64.5 cm³/mol. The summed E-state index contributed by atoms with van der Waals surface area (Å²) in [6.45, 7) is 3.07. The van der Waals surface area contributed by atoms with Crippen LogP contribution in [0.15, 0.2) is 29.4 Å². The Labute approximate surface area is 94.7 Å². The molecular weight excluding hydrogens is 210 g/mol. The van der Waals surface area contributed by atoms with Crippen LogP contribution in [0.1, 0.15) is 6.92 Å². The summed E-state index contributed by atoms with van der Waals surface area (Å²) >= 11 is 5.84. The molecule has 1 aromatic rings. The minimum absolute atomic E-state index is 0.450. The van der Waals surface area contributed by atoms with Crippen LogP contribution in [0.2, 0.25) is 5.02 Å². The van der Waals surface area contributed by atoms with E-state index in [0.717, 1.165) is 23.1 Å². The van der Waals surface area contributed by atoms with E-state index in [-0.39, 0.29) is 0 Å². The van der Waals surface area contributed by atoms with Crippen molar-refractivity contribution in [3.63, 3.8) is 0 Å². The van der Waals surface area contributed by atoms with E-state index in [0.29, 0.717) is 5.92 Å². The summed E-state index contributed by atoms with van der Waals surface area (Å²) in [5, 5.41) is 10.3. The Morgan fingerprint density at radius 3 is 2.60 bits per heavy atom. The molecule has 0 aromatic heterocycles. The number of hydrogen-bond donors (Lipinski definition) is 1. The largest absolute Gasteiger partial charge is 0.375 e. The highest BCUT2D eigenvalue weighted by atomic mass is 35.5. The molecule has 0 spiro atoms. The van der Waals surface area contributed by atoms with E-state index in [1.54, 1.807) is 0 Å². The second kappa shape index (κ2) is 4.11. The van der Waals surface area contributed by atoms with Crippen molar-refractivity contribution < 1.29 is 0 Å². The van der Waals surface area contributed by atoms with Crippen LogP contribution in [0, 0.1) is 5.92 Å². The molecule has 1 heterocycles. The van der Waals surface area contributed by atoms with Gasteiger partial charge in [-0.2, -0.15) is 5.10 Å². The quantitative estimate of drug-likeness (QED) is 0.792. The standard InChI is InChI=1S/C11H14ClN3/c1-8-7-15(14-11(8)13-2)10-5-3-9(12)4-6-10/h3-6,8H,7H2,1-2H3,(H,13,14). The summed E-state index contributed by atoms with van der Waals surface area (Å²) in [5.41, 5.74) is 1.08. The van der Waals surface area contributed by atoms with E-state index < -0.39 is 0 Å². The van der Waals surface area contributed by atoms with Gasteiger partial charge >= 0.3 is 0 Å². The maximum atomic E-state index is 5.84. The van der Waals surface area contributed by atoms with E-state index in [4.69, 9.17) is 11.6 Å². The molecule has 80 valence electrons. The Hall–Kier alpha value is -1.22. The SMILES string of the molecule is CNC1=NN(c2ccc(Cl)cc2)CC1C. The van der Waals surface area contributed by atoms with Crippen LogP contribution < -0.4 is 10.3 Å². The zero-order valence-electron chi connectivity index (χ0n) is 8.87. The number of anilines is 1. The fourth-order valence-electron chi connectivity index (χ4n) is 1.69. The van der Waals surface area contributed by atoms with Gasteiger partial charge in [0, 0.05) is 18.0 Å². The van der Waals surface area contributed by atoms with Gasteiger partial charge in [0.25, 0.3) is 0 Å². The van der Waals surface area contributed by atoms with Gasteiger partial charge in [-0.25, -0.2) is 0 Å². The highest BCUT2D eigenvalue weighted by Gasteiger charge is 2.22. The lowest BCUT2D eigenvalue weighted by molar-refractivity contribution is 0.765. The van der Waals surface area contributed by atoms with Crippen LogP contribution in [0.3, 0.4) is 0 Å². The second-order valence-electron chi connectivity index (χ2n) is 3.69. The monoisotopic (exact) mass is 223 g/mol. The molecule has 1 aliphatic rings. The summed E-state index contributed by atoms with van der Waals surface area (Å²) in [4.78, 5) is 0. The van der Waals surface area contributed by atoms with Gasteiger partial charge in [-0.05, 0) is 24.3 Å². The summed E-state index contributed by atoms with van der Waals surface area (Å²) in [5.74, 6) is 1.48. The first-order valence-electron chi connectivity index (χ1n) is 5.00. The molecule has 1 N–H and O–H groups in total. The minimum Gasteiger partial charge on any atom is -0.375 e. The van der Waals surface area contributed by atoms with Crippen molar-refractivity contribution in [2.75, 3.05) is 18.6 Å². The molecule has 3 nitrogen and oxygen atoms in total. The average Bonchev–Trinajstić information content (AvgIpc) is 2.61. The number of nitrogens with zero attached hydrogens (tertiary/aromatic N) is 2. The van der Waals surface area contributed by atoms with Crippen LogP contribution in [0.25, 0.3) is 0 Å². The summed E-state index contributed by atoms with van der Waals surface area (Å²) in [6.07, 6.45) is 0. The topological polar surface area (TPSA) is 27.6 Å². The normalized spacial score (nSPS) is 20.3. The maximum absolute atomic E-state index is 5.84. The molecule has 0 saturated carbocycles. The number of hydrogen-bond acceptors (Lipinski definition) is 3. The summed E-state index contributed by atoms with van der Waals surface area (Å²) < 4.78 is 0. The van der Waals surface area contributed by atoms with Crippen molar-refractivity contribution in [1.82, 2.24) is 5.32 Å². The van der Waals surface area contributed by atoms with Crippen LogP contribution in [0.5, 0.6) is 0 Å². The number of nitrogens with one attached hydrogen (secondary N) is 1. The molecule has 4 heteroatoms. The Bertz CT molecular complexity index is 372. The molecule has 2 rings (SSSR count). The Balaban J connectivity index is 2.20. The number of hydrazone groups is 1. The third kappa shape index (κ3) is 2.07. The van der Waals surface area contributed by atoms with Crippen LogP contribution >= 0.6 is 11.6 Å². The molecule has 1 aliphatic heterocycles. The molecule has 0 fully saturated rings. The number of amidine groups is 1. The van der Waals surface area contributed by atoms with Crippen LogP contribution in [-0.4, -0.2) is 19.4 Å². The van der Waals surface area contributed by atoms with Gasteiger partial charge in [0.2, 0.25) is 0 Å². The molecule has 1 aromatic carbocycles. The van der Waals surface area contributed by atoms with Crippen molar-refractivity contribution >= 4 is 23.1 Å². The van der Waals surface area contributed by atoms with Crippen molar-refractivity contribution in [3.05, 3.63) is 29.3 Å². The van der Waals surface area contributed by atoms with Crippen molar-refractivity contribution in [1.29, 1.82) is 0 Å². The number of rotatable bonds is 1. The maximum Gasteiger partial charge on any atom is 0.127 e. The first kappa shape index (κ1) is 10.3. The molecule has 1 unspecified atom stereocenters. The third-order valence-electron chi connectivity index (χ3n) is 2.52. The smallest absolute Gasteiger partial charge is 0.127 e. The van der Waals surface area contributed by atoms with Gasteiger partial charge in [-0.1, -0.05) is 18.5 Å². The summed E-state index contributed by atoms with van der Waals surface area (Å²) in [7, 11) is 1.90. The van der Waals surface area contributed by atoms with Crippen molar-refractivity contribution in [2.24, 2.45) is 11.0 Å². The molecular formula is C11H14ClN3. The lowest BCUT2D eigenvalue weighted by Crippen LogP contribution is -2.24. The molecule has 0 amide bonds. The van der Waals surface area contributed by atoms with Gasteiger partial charge in [0.05, 0.1) is 12.2 Å². The highest BCUT2D eigenvalue weighted by Crippen LogP contribution is 2.23. The van der Waals surface area contributed by atoms with Gasteiger partial charge in [-0.3, -0.25) is 5.01 Å². The lowest BCUT2D eigenvalue weighted by atomic mass is 10.1. The minimum atomic E-state index is 0.450. The van der Waals surface area contributed by atoms with Crippen molar-refractivity contribution in [3.8, 4) is 0 Å². The average molecular weight is 224 g/mol. The van der Waals surface area contributed by atoms with Crippen LogP contribution in [-0.2, 0) is 0 Å². The van der Waals surface area contributed by atoms with Gasteiger partial charge in [-0.15, -0.1) is 0 Å². The fourth-order valence-corrected chi connectivity index (χ4v) is 1.81. The summed E-state index contributed by atoms with van der Waals surface area (Å²) in [6, 6.07) is 7.73. The number of halogens is 1. The zero-order chi connectivity index (χ0) is 10.8. The molecule has 0 saturated heterocycles. The Morgan fingerprint density at radius 1 is 1.40 bits per heavy atom. The van der Waals surface area contributed by atoms with E-state index in [9.17, 15) is 0 Å². The molecule has 0 aliphatic carbocycles. The third-order valence-corrected chi connectivity index (χ3v) is 2.77. The Kier molecular flexibility index (Phi) is 2.82. The first-order chi connectivity index (χ1) is 7.20. The van der Waals surface area contributed by atoms with E-state index in [1.165, 1.54) is 0 Å². The highest BCUT2D eigenvalue weighted by molar-refractivity contribution is 6.30. The fraction of sp³-hybridized carbons (Fsp3) is 0.364. The second-order valence-corrected chi connectivity index (χ2v) is 4.13. The van der Waals surface area contributed by atoms with Gasteiger partial charge in [0.1, 0.15) is 5.84 Å². The predicted octanol–water partition coefficient (Wildman–Crippen LogP) is 2.33. The molecule has 1 atom stereocenters. The first-order valence-corrected chi connectivity index (χ1v) is 5.38. The lowest BCUT2D eigenvalue weighted by Gasteiger charge is -2.13. The van der Waals surface area contributed by atoms with Gasteiger partial charge in [0.15, 0.2) is 0 Å². The van der Waals surface area contributed by atoms with E-state index >= 15 is 0 Å². The molecule has 0 bridgehead atoms. The number of benzene rings is 1. The zero-order valence-corrected chi connectivity index (χ0v) is 9.62. The molecule has 15 heavy (non-hydrogen) atoms.